The monoisotopic (exact) mass is 181 g/mol. The van der Waals surface area contributed by atoms with Gasteiger partial charge in [0, 0.05) is 18.9 Å². The Morgan fingerprint density at radius 2 is 2.54 bits per heavy atom. The van der Waals surface area contributed by atoms with Crippen molar-refractivity contribution in [1.82, 2.24) is 9.97 Å². The van der Waals surface area contributed by atoms with E-state index in [9.17, 15) is 0 Å². The van der Waals surface area contributed by atoms with Crippen molar-refractivity contribution < 1.29 is 4.74 Å². The number of hydrogen-bond acceptors (Lipinski definition) is 3. The Labute approximate surface area is 77.5 Å². The molecule has 0 amide bonds. The lowest BCUT2D eigenvalue weighted by Gasteiger charge is -2.09. The lowest BCUT2D eigenvalue weighted by molar-refractivity contribution is 0.107. The fraction of sp³-hybridized carbons (Fsp3) is 0.667. The average molecular weight is 181 g/mol. The summed E-state index contributed by atoms with van der Waals surface area (Å²) in [5.41, 5.74) is 7.97. The fourth-order valence-electron chi connectivity index (χ4n) is 1.58. The van der Waals surface area contributed by atoms with Crippen molar-refractivity contribution in [3.05, 3.63) is 17.2 Å². The smallest absolute Gasteiger partial charge is 0.108 e. The van der Waals surface area contributed by atoms with Gasteiger partial charge >= 0.3 is 0 Å². The van der Waals surface area contributed by atoms with Gasteiger partial charge in [-0.1, -0.05) is 0 Å². The molecule has 1 aliphatic rings. The number of imidazole rings is 1. The van der Waals surface area contributed by atoms with Crippen molar-refractivity contribution in [3.8, 4) is 0 Å². The molecule has 0 fully saturated rings. The molecule has 1 aliphatic heterocycles. The minimum Gasteiger partial charge on any atom is -0.375 e. The summed E-state index contributed by atoms with van der Waals surface area (Å²) in [6, 6.07) is 0.161. The van der Waals surface area contributed by atoms with Crippen molar-refractivity contribution in [2.45, 2.75) is 32.4 Å². The van der Waals surface area contributed by atoms with Crippen molar-refractivity contribution in [2.75, 3.05) is 6.61 Å². The average Bonchev–Trinajstić information content (AvgIpc) is 2.44. The lowest BCUT2D eigenvalue weighted by Crippen LogP contribution is -2.18. The summed E-state index contributed by atoms with van der Waals surface area (Å²) in [7, 11) is 0. The van der Waals surface area contributed by atoms with Crippen LogP contribution in [0.1, 0.15) is 24.1 Å². The van der Waals surface area contributed by atoms with E-state index in [1.807, 2.05) is 6.92 Å². The van der Waals surface area contributed by atoms with E-state index in [-0.39, 0.29) is 6.04 Å². The molecular weight excluding hydrogens is 166 g/mol. The van der Waals surface area contributed by atoms with Gasteiger partial charge in [-0.25, -0.2) is 4.98 Å². The maximum atomic E-state index is 5.69. The van der Waals surface area contributed by atoms with Crippen LogP contribution in [0.5, 0.6) is 0 Å². The Morgan fingerprint density at radius 3 is 3.23 bits per heavy atom. The first kappa shape index (κ1) is 8.72. The second-order valence-electron chi connectivity index (χ2n) is 3.59. The predicted molar refractivity (Wildman–Crippen MR) is 49.3 cm³/mol. The van der Waals surface area contributed by atoms with Gasteiger partial charge in [-0.3, -0.25) is 0 Å². The molecular formula is C9H15N3O. The van der Waals surface area contributed by atoms with Gasteiger partial charge < -0.3 is 15.5 Å². The highest BCUT2D eigenvalue weighted by atomic mass is 16.5. The van der Waals surface area contributed by atoms with Crippen LogP contribution in [-0.4, -0.2) is 22.6 Å². The van der Waals surface area contributed by atoms with Gasteiger partial charge in [0.05, 0.1) is 24.6 Å². The lowest BCUT2D eigenvalue weighted by atomic mass is 10.2. The van der Waals surface area contributed by atoms with Gasteiger partial charge in [-0.2, -0.15) is 0 Å². The van der Waals surface area contributed by atoms with Crippen LogP contribution in [0, 0.1) is 0 Å². The van der Waals surface area contributed by atoms with Crippen LogP contribution in [0.25, 0.3) is 0 Å². The van der Waals surface area contributed by atoms with Gasteiger partial charge in [0.2, 0.25) is 0 Å². The van der Waals surface area contributed by atoms with Crippen molar-refractivity contribution >= 4 is 0 Å². The number of nitrogens with two attached hydrogens (primary N) is 1. The van der Waals surface area contributed by atoms with Crippen LogP contribution in [0.4, 0.5) is 0 Å². The normalized spacial score (nSPS) is 18.3. The molecule has 1 unspecified atom stereocenters. The summed E-state index contributed by atoms with van der Waals surface area (Å²) in [6.45, 7) is 3.44. The minimum atomic E-state index is 0.161. The molecule has 2 rings (SSSR count). The molecule has 4 nitrogen and oxygen atoms in total. The first-order valence-electron chi connectivity index (χ1n) is 4.65. The maximum absolute atomic E-state index is 5.69. The molecule has 0 bridgehead atoms. The Hall–Kier alpha value is -0.870. The summed E-state index contributed by atoms with van der Waals surface area (Å²) in [4.78, 5) is 7.72. The van der Waals surface area contributed by atoms with E-state index in [0.29, 0.717) is 6.61 Å². The van der Waals surface area contributed by atoms with Crippen LogP contribution in [0.3, 0.4) is 0 Å². The van der Waals surface area contributed by atoms with E-state index in [4.69, 9.17) is 10.5 Å². The molecule has 0 radical (unpaired) electrons. The van der Waals surface area contributed by atoms with Gasteiger partial charge in [-0.15, -0.1) is 0 Å². The number of rotatable bonds is 2. The van der Waals surface area contributed by atoms with E-state index in [1.54, 1.807) is 0 Å². The zero-order valence-electron chi connectivity index (χ0n) is 7.84. The molecule has 0 aliphatic carbocycles. The van der Waals surface area contributed by atoms with E-state index >= 15 is 0 Å². The number of aromatic nitrogens is 2. The molecule has 0 spiro atoms. The fourth-order valence-corrected chi connectivity index (χ4v) is 1.58. The molecule has 13 heavy (non-hydrogen) atoms. The number of nitrogens with zero attached hydrogens (tertiary/aromatic N) is 1. The quantitative estimate of drug-likeness (QED) is 0.693. The summed E-state index contributed by atoms with van der Waals surface area (Å²) < 4.78 is 5.31. The Morgan fingerprint density at radius 1 is 1.69 bits per heavy atom. The maximum Gasteiger partial charge on any atom is 0.108 e. The molecule has 72 valence electrons. The first-order valence-corrected chi connectivity index (χ1v) is 4.65. The van der Waals surface area contributed by atoms with Crippen LogP contribution < -0.4 is 5.73 Å². The van der Waals surface area contributed by atoms with E-state index in [0.717, 1.165) is 36.7 Å². The van der Waals surface area contributed by atoms with E-state index in [2.05, 4.69) is 9.97 Å². The number of nitrogens with one attached hydrogen (secondary N) is 1. The second kappa shape index (κ2) is 3.47. The molecule has 0 aromatic carbocycles. The molecule has 0 saturated carbocycles. The molecule has 4 heteroatoms. The SMILES string of the molecule is CC(N)Cc1nc2c([nH]1)COCC2. The Kier molecular flexibility index (Phi) is 2.33. The number of H-pyrrole nitrogens is 1. The molecule has 3 N–H and O–H groups in total. The van der Waals surface area contributed by atoms with Gasteiger partial charge in [0.1, 0.15) is 5.82 Å². The topological polar surface area (TPSA) is 63.9 Å². The summed E-state index contributed by atoms with van der Waals surface area (Å²) >= 11 is 0. The highest BCUT2D eigenvalue weighted by molar-refractivity contribution is 5.16. The third kappa shape index (κ3) is 1.89. The molecule has 0 saturated heterocycles. The summed E-state index contributed by atoms with van der Waals surface area (Å²) in [5, 5.41) is 0. The first-order chi connectivity index (χ1) is 6.25. The van der Waals surface area contributed by atoms with Crippen LogP contribution in [0.2, 0.25) is 0 Å². The molecule has 2 heterocycles. The van der Waals surface area contributed by atoms with Crippen LogP contribution >= 0.6 is 0 Å². The summed E-state index contributed by atoms with van der Waals surface area (Å²) in [6.07, 6.45) is 1.73. The standard InChI is InChI=1S/C9H15N3O/c1-6(10)4-9-11-7-2-3-13-5-8(7)12-9/h6H,2-5,10H2,1H3,(H,11,12). The third-order valence-corrected chi connectivity index (χ3v) is 2.16. The zero-order valence-corrected chi connectivity index (χ0v) is 7.84. The highest BCUT2D eigenvalue weighted by Crippen LogP contribution is 2.14. The predicted octanol–water partition coefficient (Wildman–Crippen LogP) is 0.372. The van der Waals surface area contributed by atoms with Gasteiger partial charge in [-0.05, 0) is 6.92 Å². The van der Waals surface area contributed by atoms with Gasteiger partial charge in [0.25, 0.3) is 0 Å². The van der Waals surface area contributed by atoms with Crippen LogP contribution in [0.15, 0.2) is 0 Å². The Bertz CT molecular complexity index is 270. The minimum absolute atomic E-state index is 0.161. The van der Waals surface area contributed by atoms with Crippen molar-refractivity contribution in [1.29, 1.82) is 0 Å². The zero-order chi connectivity index (χ0) is 9.26. The number of ether oxygens (including phenoxy) is 1. The largest absolute Gasteiger partial charge is 0.375 e. The second-order valence-corrected chi connectivity index (χ2v) is 3.59. The number of hydrogen-bond donors (Lipinski definition) is 2. The Balaban J connectivity index is 2.15. The third-order valence-electron chi connectivity index (χ3n) is 2.16. The molecule has 1 aromatic rings. The number of aromatic amines is 1. The van der Waals surface area contributed by atoms with Crippen molar-refractivity contribution in [3.63, 3.8) is 0 Å². The highest BCUT2D eigenvalue weighted by Gasteiger charge is 2.14. The summed E-state index contributed by atoms with van der Waals surface area (Å²) in [5.74, 6) is 0.991. The molecule has 1 aromatic heterocycles. The van der Waals surface area contributed by atoms with Crippen molar-refractivity contribution in [2.24, 2.45) is 5.73 Å². The van der Waals surface area contributed by atoms with Gasteiger partial charge in [0.15, 0.2) is 0 Å². The van der Waals surface area contributed by atoms with E-state index in [1.165, 1.54) is 0 Å². The molecule has 1 atom stereocenters. The number of fused-ring (bicyclic) bond motifs is 1. The van der Waals surface area contributed by atoms with Crippen LogP contribution in [-0.2, 0) is 24.2 Å². The van der Waals surface area contributed by atoms with E-state index < -0.39 is 0 Å².